The molecule has 4 nitrogen and oxygen atoms in total. The minimum Gasteiger partial charge on any atom is -0.366 e. The Balaban J connectivity index is 3.35. The van der Waals surface area contributed by atoms with Crippen LogP contribution in [0.2, 0.25) is 0 Å². The molecule has 1 aromatic carbocycles. The lowest BCUT2D eigenvalue weighted by Crippen LogP contribution is -2.16. The maximum absolute atomic E-state index is 10.8. The van der Waals surface area contributed by atoms with E-state index in [4.69, 9.17) is 11.5 Å². The highest BCUT2D eigenvalue weighted by atomic mass is 79.9. The van der Waals surface area contributed by atoms with Gasteiger partial charge in [0.2, 0.25) is 11.8 Å². The van der Waals surface area contributed by atoms with Crippen molar-refractivity contribution in [3.8, 4) is 0 Å². The van der Waals surface area contributed by atoms with Gasteiger partial charge in [-0.2, -0.15) is 0 Å². The fraction of sp³-hybridized carbons (Fsp3) is 0. The maximum atomic E-state index is 10.8. The van der Waals surface area contributed by atoms with Crippen LogP contribution in [0.15, 0.2) is 22.7 Å². The van der Waals surface area contributed by atoms with E-state index in [0.29, 0.717) is 4.47 Å². The van der Waals surface area contributed by atoms with E-state index in [-0.39, 0.29) is 11.1 Å². The topological polar surface area (TPSA) is 86.2 Å². The Morgan fingerprint density at radius 3 is 1.77 bits per heavy atom. The van der Waals surface area contributed by atoms with Crippen molar-refractivity contribution >= 4 is 27.7 Å². The van der Waals surface area contributed by atoms with Gasteiger partial charge in [-0.15, -0.1) is 0 Å². The number of carbonyl (C=O) groups excluding carboxylic acids is 2. The number of amides is 2. The number of carbonyl (C=O) groups is 2. The van der Waals surface area contributed by atoms with Crippen molar-refractivity contribution in [3.05, 3.63) is 33.8 Å². The minimum absolute atomic E-state index is 0.247. The van der Waals surface area contributed by atoms with Gasteiger partial charge in [-0.05, 0) is 28.1 Å². The minimum atomic E-state index is -0.602. The number of benzene rings is 1. The van der Waals surface area contributed by atoms with Crippen molar-refractivity contribution in [3.63, 3.8) is 0 Å². The monoisotopic (exact) mass is 242 g/mol. The first-order valence-corrected chi connectivity index (χ1v) is 4.21. The van der Waals surface area contributed by atoms with Crippen LogP contribution in [-0.2, 0) is 0 Å². The summed E-state index contributed by atoms with van der Waals surface area (Å²) in [6.45, 7) is 0. The van der Waals surface area contributed by atoms with E-state index in [1.165, 1.54) is 12.1 Å². The third kappa shape index (κ3) is 1.86. The molecule has 0 aromatic heterocycles. The number of primary amides is 2. The fourth-order valence-corrected chi connectivity index (χ4v) is 1.57. The van der Waals surface area contributed by atoms with Crippen LogP contribution in [0.25, 0.3) is 0 Å². The second-order valence-corrected chi connectivity index (χ2v) is 3.19. The molecule has 0 aliphatic rings. The summed E-state index contributed by atoms with van der Waals surface area (Å²) in [6.07, 6.45) is 0. The molecule has 0 fully saturated rings. The van der Waals surface area contributed by atoms with Crippen LogP contribution in [0.1, 0.15) is 20.7 Å². The molecule has 0 bridgehead atoms. The van der Waals surface area contributed by atoms with E-state index in [1.807, 2.05) is 0 Å². The average Bonchev–Trinajstić information content (AvgIpc) is 2.03. The number of hydrogen-bond acceptors (Lipinski definition) is 2. The first-order valence-electron chi connectivity index (χ1n) is 3.42. The van der Waals surface area contributed by atoms with Gasteiger partial charge in [0.05, 0.1) is 11.1 Å². The van der Waals surface area contributed by atoms with E-state index in [2.05, 4.69) is 15.9 Å². The molecule has 0 saturated carbocycles. The lowest BCUT2D eigenvalue weighted by Gasteiger charge is -2.03. The third-order valence-electron chi connectivity index (χ3n) is 1.53. The highest BCUT2D eigenvalue weighted by Gasteiger charge is 2.12. The molecule has 0 radical (unpaired) electrons. The van der Waals surface area contributed by atoms with E-state index < -0.39 is 11.8 Å². The van der Waals surface area contributed by atoms with Gasteiger partial charge in [-0.25, -0.2) is 0 Å². The summed E-state index contributed by atoms with van der Waals surface area (Å²) in [5, 5.41) is 0. The molecule has 0 unspecified atom stereocenters. The summed E-state index contributed by atoms with van der Waals surface area (Å²) >= 11 is 3.08. The summed E-state index contributed by atoms with van der Waals surface area (Å²) in [6, 6.07) is 4.57. The Morgan fingerprint density at radius 1 is 1.08 bits per heavy atom. The van der Waals surface area contributed by atoms with Gasteiger partial charge in [0.25, 0.3) is 0 Å². The number of hydrogen-bond donors (Lipinski definition) is 2. The maximum Gasteiger partial charge on any atom is 0.249 e. The van der Waals surface area contributed by atoms with Gasteiger partial charge in [-0.3, -0.25) is 9.59 Å². The number of rotatable bonds is 2. The molecule has 1 aromatic rings. The highest BCUT2D eigenvalue weighted by molar-refractivity contribution is 9.10. The second kappa shape index (κ2) is 3.57. The SMILES string of the molecule is NC(=O)c1cccc(C(N)=O)c1Br. The molecule has 0 aliphatic carbocycles. The smallest absolute Gasteiger partial charge is 0.249 e. The van der Waals surface area contributed by atoms with Crippen molar-refractivity contribution in [2.45, 2.75) is 0 Å². The Labute approximate surface area is 83.0 Å². The van der Waals surface area contributed by atoms with Crippen LogP contribution in [0.5, 0.6) is 0 Å². The van der Waals surface area contributed by atoms with Crippen LogP contribution in [0, 0.1) is 0 Å². The molecule has 0 spiro atoms. The zero-order valence-corrected chi connectivity index (χ0v) is 8.17. The molecular weight excluding hydrogens is 236 g/mol. The van der Waals surface area contributed by atoms with E-state index >= 15 is 0 Å². The van der Waals surface area contributed by atoms with Crippen LogP contribution >= 0.6 is 15.9 Å². The second-order valence-electron chi connectivity index (χ2n) is 2.40. The first kappa shape index (κ1) is 9.73. The molecule has 0 heterocycles. The predicted molar refractivity (Wildman–Crippen MR) is 51.2 cm³/mol. The molecule has 68 valence electrons. The Hall–Kier alpha value is -1.36. The van der Waals surface area contributed by atoms with Crippen LogP contribution in [0.3, 0.4) is 0 Å². The normalized spacial score (nSPS) is 9.62. The summed E-state index contributed by atoms with van der Waals surface area (Å²) in [7, 11) is 0. The standard InChI is InChI=1S/C8H7BrN2O2/c9-6-4(7(10)12)2-1-3-5(6)8(11)13/h1-3H,(H2,10,12)(H2,11,13). The van der Waals surface area contributed by atoms with Crippen molar-refractivity contribution in [1.82, 2.24) is 0 Å². The zero-order chi connectivity index (χ0) is 10.0. The van der Waals surface area contributed by atoms with Gasteiger partial charge in [0.15, 0.2) is 0 Å². The number of halogens is 1. The van der Waals surface area contributed by atoms with E-state index in [0.717, 1.165) is 0 Å². The third-order valence-corrected chi connectivity index (χ3v) is 2.38. The lowest BCUT2D eigenvalue weighted by atomic mass is 10.1. The summed E-state index contributed by atoms with van der Waals surface area (Å²) in [5.41, 5.74) is 10.6. The Kier molecular flexibility index (Phi) is 2.67. The van der Waals surface area contributed by atoms with Gasteiger partial charge < -0.3 is 11.5 Å². The van der Waals surface area contributed by atoms with Crippen molar-refractivity contribution in [1.29, 1.82) is 0 Å². The van der Waals surface area contributed by atoms with Gasteiger partial charge >= 0.3 is 0 Å². The molecule has 5 heteroatoms. The van der Waals surface area contributed by atoms with Gasteiger partial charge in [-0.1, -0.05) is 6.07 Å². The predicted octanol–water partition coefficient (Wildman–Crippen LogP) is 0.647. The highest BCUT2D eigenvalue weighted by Crippen LogP contribution is 2.20. The summed E-state index contributed by atoms with van der Waals surface area (Å²) in [4.78, 5) is 21.7. The molecule has 1 rings (SSSR count). The van der Waals surface area contributed by atoms with E-state index in [1.54, 1.807) is 6.07 Å². The lowest BCUT2D eigenvalue weighted by molar-refractivity contribution is 0.0999. The molecular formula is C8H7BrN2O2. The van der Waals surface area contributed by atoms with Crippen molar-refractivity contribution < 1.29 is 9.59 Å². The first-order chi connectivity index (χ1) is 6.04. The molecule has 0 saturated heterocycles. The van der Waals surface area contributed by atoms with Crippen molar-refractivity contribution in [2.75, 3.05) is 0 Å². The van der Waals surface area contributed by atoms with Gasteiger partial charge in [0.1, 0.15) is 0 Å². The largest absolute Gasteiger partial charge is 0.366 e. The Morgan fingerprint density at radius 2 is 1.46 bits per heavy atom. The average molecular weight is 243 g/mol. The van der Waals surface area contributed by atoms with Crippen LogP contribution in [-0.4, -0.2) is 11.8 Å². The summed E-state index contributed by atoms with van der Waals surface area (Å²) < 4.78 is 0.343. The quantitative estimate of drug-likeness (QED) is 0.798. The van der Waals surface area contributed by atoms with Gasteiger partial charge in [0, 0.05) is 4.47 Å². The molecule has 4 N–H and O–H groups in total. The molecule has 13 heavy (non-hydrogen) atoms. The molecule has 0 aliphatic heterocycles. The summed E-state index contributed by atoms with van der Waals surface area (Å²) in [5.74, 6) is -1.20. The Bertz CT molecular complexity index is 344. The van der Waals surface area contributed by atoms with Crippen LogP contribution < -0.4 is 11.5 Å². The molecule has 2 amide bonds. The number of nitrogens with two attached hydrogens (primary N) is 2. The fourth-order valence-electron chi connectivity index (χ4n) is 0.913. The zero-order valence-electron chi connectivity index (χ0n) is 6.58. The van der Waals surface area contributed by atoms with Crippen molar-refractivity contribution in [2.24, 2.45) is 11.5 Å². The van der Waals surface area contributed by atoms with E-state index in [9.17, 15) is 9.59 Å². The van der Waals surface area contributed by atoms with Crippen LogP contribution in [0.4, 0.5) is 0 Å². The molecule has 0 atom stereocenters.